The molecule has 0 radical (unpaired) electrons. The number of rotatable bonds is 3. The first-order chi connectivity index (χ1) is 21.8. The summed E-state index contributed by atoms with van der Waals surface area (Å²) < 4.78 is 11.7. The van der Waals surface area contributed by atoms with Gasteiger partial charge in [-0.05, 0) is 60.0 Å². The minimum Gasteiger partial charge on any atom is -0.456 e. The van der Waals surface area contributed by atoms with Crippen LogP contribution in [-0.4, -0.2) is 0 Å². The van der Waals surface area contributed by atoms with E-state index < -0.39 is 0 Å². The lowest BCUT2D eigenvalue weighted by molar-refractivity contribution is 0.669. The van der Waals surface area contributed by atoms with Gasteiger partial charge < -0.3 is 9.32 Å². The standard InChI is InChI=1S/C40H23NOS2/c1-2-12-29-26(9-1)33(23-35-40(29)30-13-3-6-14-34(30)42-35)41(24-17-19-38-31(21-24)27-10-4-7-15-36(27)43-38)25-18-20-39-32(22-25)28-11-5-8-16-37(28)44-39/h1-23H. The molecule has 3 aromatic heterocycles. The van der Waals surface area contributed by atoms with Gasteiger partial charge in [0.25, 0.3) is 0 Å². The molecule has 7 aromatic carbocycles. The Balaban J connectivity index is 1.32. The maximum Gasteiger partial charge on any atom is 0.138 e. The highest BCUT2D eigenvalue weighted by Crippen LogP contribution is 2.47. The third-order valence-electron chi connectivity index (χ3n) is 8.84. The van der Waals surface area contributed by atoms with E-state index in [1.165, 1.54) is 56.5 Å². The van der Waals surface area contributed by atoms with E-state index in [4.69, 9.17) is 4.42 Å². The average molecular weight is 598 g/mol. The van der Waals surface area contributed by atoms with E-state index in [0.717, 1.165) is 33.6 Å². The Morgan fingerprint density at radius 3 is 1.52 bits per heavy atom. The first-order valence-corrected chi connectivity index (χ1v) is 16.4. The molecule has 0 N–H and O–H groups in total. The molecule has 4 heteroatoms. The Morgan fingerprint density at radius 1 is 0.386 bits per heavy atom. The third kappa shape index (κ3) is 3.47. The smallest absolute Gasteiger partial charge is 0.138 e. The quantitative estimate of drug-likeness (QED) is 0.201. The van der Waals surface area contributed by atoms with Crippen LogP contribution < -0.4 is 4.90 Å². The molecule has 3 heterocycles. The van der Waals surface area contributed by atoms with Crippen LogP contribution in [0.4, 0.5) is 17.1 Å². The van der Waals surface area contributed by atoms with Gasteiger partial charge in [-0.3, -0.25) is 0 Å². The van der Waals surface area contributed by atoms with Gasteiger partial charge in [-0.1, -0.05) is 78.9 Å². The van der Waals surface area contributed by atoms with Crippen LogP contribution in [0.2, 0.25) is 0 Å². The van der Waals surface area contributed by atoms with Crippen LogP contribution in [0.3, 0.4) is 0 Å². The molecule has 10 aromatic rings. The van der Waals surface area contributed by atoms with Crippen LogP contribution >= 0.6 is 22.7 Å². The van der Waals surface area contributed by atoms with Crippen molar-refractivity contribution in [2.45, 2.75) is 0 Å². The van der Waals surface area contributed by atoms with Crippen LogP contribution in [-0.2, 0) is 0 Å². The number of anilines is 3. The highest BCUT2D eigenvalue weighted by Gasteiger charge is 2.21. The SMILES string of the molecule is c1ccc2c(c1)oc1cc(N(c3ccc4sc5ccccc5c4c3)c3ccc4sc5ccccc5c4c3)c3ccccc3c12. The Kier molecular flexibility index (Phi) is 5.06. The first-order valence-electron chi connectivity index (χ1n) is 14.8. The molecule has 0 aliphatic heterocycles. The molecule has 0 atom stereocenters. The number of hydrogen-bond acceptors (Lipinski definition) is 4. The van der Waals surface area contributed by atoms with Crippen LogP contribution in [0.5, 0.6) is 0 Å². The summed E-state index contributed by atoms with van der Waals surface area (Å²) in [5.74, 6) is 0. The van der Waals surface area contributed by atoms with Crippen LogP contribution in [0, 0.1) is 0 Å². The number of furan rings is 1. The molecule has 0 saturated heterocycles. The van der Waals surface area contributed by atoms with Gasteiger partial charge in [0.2, 0.25) is 0 Å². The molecule has 0 fully saturated rings. The lowest BCUT2D eigenvalue weighted by Crippen LogP contribution is -2.10. The van der Waals surface area contributed by atoms with Crippen molar-refractivity contribution in [2.75, 3.05) is 4.90 Å². The van der Waals surface area contributed by atoms with Crippen molar-refractivity contribution in [3.05, 3.63) is 140 Å². The fourth-order valence-electron chi connectivity index (χ4n) is 6.89. The zero-order valence-corrected chi connectivity index (χ0v) is 25.1. The molecule has 0 amide bonds. The second-order valence-electron chi connectivity index (χ2n) is 11.3. The summed E-state index contributed by atoms with van der Waals surface area (Å²) in [7, 11) is 0. The van der Waals surface area contributed by atoms with E-state index in [0.29, 0.717) is 0 Å². The molecule has 0 aliphatic rings. The van der Waals surface area contributed by atoms with Crippen molar-refractivity contribution in [1.29, 1.82) is 0 Å². The number of nitrogens with zero attached hydrogens (tertiary/aromatic N) is 1. The summed E-state index contributed by atoms with van der Waals surface area (Å²) in [5.41, 5.74) is 5.16. The molecular formula is C40H23NOS2. The van der Waals surface area contributed by atoms with Gasteiger partial charge in [0.1, 0.15) is 11.2 Å². The van der Waals surface area contributed by atoms with Crippen molar-refractivity contribution >= 4 is 113 Å². The molecule has 206 valence electrons. The second kappa shape index (κ2) is 9.17. The molecule has 0 aliphatic carbocycles. The number of hydrogen-bond donors (Lipinski definition) is 0. The van der Waals surface area contributed by atoms with Gasteiger partial charge in [0.05, 0.1) is 5.69 Å². The van der Waals surface area contributed by atoms with Crippen molar-refractivity contribution in [2.24, 2.45) is 0 Å². The normalized spacial score (nSPS) is 12.1. The Bertz CT molecular complexity index is 2630. The largest absolute Gasteiger partial charge is 0.456 e. The van der Waals surface area contributed by atoms with Gasteiger partial charge >= 0.3 is 0 Å². The molecule has 0 bridgehead atoms. The van der Waals surface area contributed by atoms with Crippen molar-refractivity contribution in [3.8, 4) is 0 Å². The fraction of sp³-hybridized carbons (Fsp3) is 0. The lowest BCUT2D eigenvalue weighted by Gasteiger charge is -2.27. The predicted octanol–water partition coefficient (Wildman–Crippen LogP) is 12.9. The number of thiophene rings is 2. The highest BCUT2D eigenvalue weighted by molar-refractivity contribution is 7.26. The van der Waals surface area contributed by atoms with Crippen molar-refractivity contribution < 1.29 is 4.42 Å². The molecule has 0 spiro atoms. The molecule has 44 heavy (non-hydrogen) atoms. The maximum atomic E-state index is 6.53. The van der Waals surface area contributed by atoms with Crippen LogP contribution in [0.15, 0.2) is 144 Å². The zero-order chi connectivity index (χ0) is 28.8. The van der Waals surface area contributed by atoms with Crippen LogP contribution in [0.1, 0.15) is 0 Å². The van der Waals surface area contributed by atoms with E-state index in [1.54, 1.807) is 0 Å². The number of para-hydroxylation sites is 1. The van der Waals surface area contributed by atoms with Crippen molar-refractivity contribution in [1.82, 2.24) is 0 Å². The molecule has 0 unspecified atom stereocenters. The highest BCUT2D eigenvalue weighted by atomic mass is 32.1. The van der Waals surface area contributed by atoms with E-state index in [-0.39, 0.29) is 0 Å². The number of fused-ring (bicyclic) bond motifs is 11. The minimum atomic E-state index is 0.897. The van der Waals surface area contributed by atoms with Gasteiger partial charge in [-0.2, -0.15) is 0 Å². The summed E-state index contributed by atoms with van der Waals surface area (Å²) in [6, 6.07) is 50.6. The monoisotopic (exact) mass is 597 g/mol. The van der Waals surface area contributed by atoms with E-state index in [2.05, 4.69) is 138 Å². The molecule has 10 rings (SSSR count). The zero-order valence-electron chi connectivity index (χ0n) is 23.5. The topological polar surface area (TPSA) is 16.4 Å². The third-order valence-corrected chi connectivity index (χ3v) is 11.1. The molecule has 0 saturated carbocycles. The van der Waals surface area contributed by atoms with Gasteiger partial charge in [0.15, 0.2) is 0 Å². The van der Waals surface area contributed by atoms with Gasteiger partial charge in [-0.25, -0.2) is 0 Å². The average Bonchev–Trinajstić information content (AvgIpc) is 3.76. The minimum absolute atomic E-state index is 0.897. The van der Waals surface area contributed by atoms with Gasteiger partial charge in [-0.15, -0.1) is 22.7 Å². The van der Waals surface area contributed by atoms with Crippen LogP contribution in [0.25, 0.3) is 73.1 Å². The summed E-state index contributed by atoms with van der Waals surface area (Å²) in [6.45, 7) is 0. The summed E-state index contributed by atoms with van der Waals surface area (Å²) >= 11 is 3.71. The predicted molar refractivity (Wildman–Crippen MR) is 192 cm³/mol. The number of benzene rings is 7. The molecule has 2 nitrogen and oxygen atoms in total. The first kappa shape index (κ1) is 24.3. The van der Waals surface area contributed by atoms with Crippen molar-refractivity contribution in [3.63, 3.8) is 0 Å². The Labute approximate surface area is 260 Å². The Morgan fingerprint density at radius 2 is 0.886 bits per heavy atom. The Hall–Kier alpha value is -5.16. The lowest BCUT2D eigenvalue weighted by atomic mass is 10.0. The second-order valence-corrected chi connectivity index (χ2v) is 13.5. The summed E-state index contributed by atoms with van der Waals surface area (Å²) in [5, 5.41) is 9.86. The molecular weight excluding hydrogens is 575 g/mol. The van der Waals surface area contributed by atoms with E-state index >= 15 is 0 Å². The summed E-state index contributed by atoms with van der Waals surface area (Å²) in [4.78, 5) is 2.42. The maximum absolute atomic E-state index is 6.53. The fourth-order valence-corrected chi connectivity index (χ4v) is 9.06. The van der Waals surface area contributed by atoms with E-state index in [1.807, 2.05) is 28.7 Å². The summed E-state index contributed by atoms with van der Waals surface area (Å²) in [6.07, 6.45) is 0. The van der Waals surface area contributed by atoms with E-state index in [9.17, 15) is 0 Å². The van der Waals surface area contributed by atoms with Gasteiger partial charge in [0, 0.05) is 73.9 Å².